The number of carbonyl (C=O) groups excluding carboxylic acids is 1. The molecule has 0 atom stereocenters. The molecule has 17 heavy (non-hydrogen) atoms. The molecule has 2 heterocycles. The van der Waals surface area contributed by atoms with Gasteiger partial charge in [-0.3, -0.25) is 4.79 Å². The summed E-state index contributed by atoms with van der Waals surface area (Å²) in [7, 11) is 0. The van der Waals surface area contributed by atoms with Gasteiger partial charge in [0.1, 0.15) is 0 Å². The fourth-order valence-electron chi connectivity index (χ4n) is 1.80. The molecule has 2 aromatic rings. The molecule has 0 spiro atoms. The molecule has 1 aliphatic rings. The highest BCUT2D eigenvalue weighted by Crippen LogP contribution is 2.43. The summed E-state index contributed by atoms with van der Waals surface area (Å²) >= 11 is 7.63. The minimum absolute atomic E-state index is 0.0678. The largest absolute Gasteiger partial charge is 0.454 e. The third-order valence-electron chi connectivity index (χ3n) is 2.70. The molecule has 0 unspecified atom stereocenters. The number of rotatable bonds is 2. The van der Waals surface area contributed by atoms with E-state index in [2.05, 4.69) is 0 Å². The van der Waals surface area contributed by atoms with Crippen LogP contribution in [0.4, 0.5) is 0 Å². The van der Waals surface area contributed by atoms with Gasteiger partial charge >= 0.3 is 0 Å². The van der Waals surface area contributed by atoms with Crippen LogP contribution in [0.15, 0.2) is 12.1 Å². The first kappa shape index (κ1) is 10.9. The predicted molar refractivity (Wildman–Crippen MR) is 67.6 cm³/mol. The van der Waals surface area contributed by atoms with E-state index in [9.17, 15) is 4.79 Å². The Hall–Kier alpha value is -1.26. The maximum absolute atomic E-state index is 11.7. The Morgan fingerprint density at radius 2 is 2.12 bits per heavy atom. The van der Waals surface area contributed by atoms with E-state index in [0.29, 0.717) is 27.8 Å². The number of ketones is 1. The third kappa shape index (κ3) is 1.59. The zero-order valence-corrected chi connectivity index (χ0v) is 10.7. The van der Waals surface area contributed by atoms with Crippen LogP contribution in [0, 0.1) is 0 Å². The molecule has 5 heteroatoms. The van der Waals surface area contributed by atoms with Crippen molar-refractivity contribution in [2.75, 3.05) is 6.79 Å². The molecule has 0 saturated carbocycles. The second-order valence-corrected chi connectivity index (χ2v) is 5.15. The summed E-state index contributed by atoms with van der Waals surface area (Å²) in [4.78, 5) is 12.3. The Bertz CT molecular complexity index is 618. The number of hydrogen-bond acceptors (Lipinski definition) is 4. The molecule has 0 saturated heterocycles. The lowest BCUT2D eigenvalue weighted by Crippen LogP contribution is -1.93. The molecule has 0 aliphatic carbocycles. The Morgan fingerprint density at radius 3 is 2.82 bits per heavy atom. The van der Waals surface area contributed by atoms with Gasteiger partial charge in [0.2, 0.25) is 6.79 Å². The number of hydrogen-bond donors (Lipinski definition) is 0. The fourth-order valence-corrected chi connectivity index (χ4v) is 3.34. The van der Waals surface area contributed by atoms with Crippen molar-refractivity contribution in [2.45, 2.75) is 13.3 Å². The summed E-state index contributed by atoms with van der Waals surface area (Å²) < 4.78 is 11.6. The first-order valence-electron chi connectivity index (χ1n) is 5.25. The van der Waals surface area contributed by atoms with Crippen LogP contribution < -0.4 is 9.47 Å². The van der Waals surface area contributed by atoms with Crippen molar-refractivity contribution in [3.63, 3.8) is 0 Å². The topological polar surface area (TPSA) is 35.5 Å². The molecular formula is C12H9ClO3S. The summed E-state index contributed by atoms with van der Waals surface area (Å²) in [6, 6.07) is 3.71. The van der Waals surface area contributed by atoms with Gasteiger partial charge in [0.15, 0.2) is 17.3 Å². The van der Waals surface area contributed by atoms with Gasteiger partial charge in [-0.2, -0.15) is 0 Å². The second kappa shape index (κ2) is 3.89. The van der Waals surface area contributed by atoms with Crippen LogP contribution in [0.3, 0.4) is 0 Å². The van der Waals surface area contributed by atoms with E-state index in [1.807, 2.05) is 19.1 Å². The highest BCUT2D eigenvalue weighted by atomic mass is 35.5. The van der Waals surface area contributed by atoms with Crippen LogP contribution in [0.5, 0.6) is 11.5 Å². The lowest BCUT2D eigenvalue weighted by molar-refractivity contribution is 0.0992. The van der Waals surface area contributed by atoms with Crippen LogP contribution in [0.2, 0.25) is 5.02 Å². The van der Waals surface area contributed by atoms with Crippen LogP contribution in [-0.4, -0.2) is 12.6 Å². The van der Waals surface area contributed by atoms with Crippen molar-refractivity contribution in [1.29, 1.82) is 0 Å². The number of thiophene rings is 1. The highest BCUT2D eigenvalue weighted by Gasteiger charge is 2.20. The Morgan fingerprint density at radius 1 is 1.41 bits per heavy atom. The number of halogens is 1. The highest BCUT2D eigenvalue weighted by molar-refractivity contribution is 7.21. The van der Waals surface area contributed by atoms with Gasteiger partial charge in [0, 0.05) is 22.6 Å². The lowest BCUT2D eigenvalue weighted by atomic mass is 10.2. The molecule has 0 N–H and O–H groups in total. The number of ether oxygens (including phenoxy) is 2. The van der Waals surface area contributed by atoms with Crippen molar-refractivity contribution in [1.82, 2.24) is 0 Å². The van der Waals surface area contributed by atoms with Crippen LogP contribution in [0.1, 0.15) is 23.0 Å². The normalized spacial score (nSPS) is 13.3. The zero-order chi connectivity index (χ0) is 12.0. The average molecular weight is 269 g/mol. The lowest BCUT2D eigenvalue weighted by Gasteiger charge is -1.95. The van der Waals surface area contributed by atoms with E-state index in [-0.39, 0.29) is 12.6 Å². The minimum Gasteiger partial charge on any atom is -0.454 e. The smallest absolute Gasteiger partial charge is 0.231 e. The number of Topliss-reactive ketones (excluding diaryl/α,β-unsaturated/α-hetero) is 1. The van der Waals surface area contributed by atoms with Crippen molar-refractivity contribution in [3.05, 3.63) is 22.0 Å². The average Bonchev–Trinajstić information content (AvgIpc) is 2.91. The van der Waals surface area contributed by atoms with Gasteiger partial charge in [-0.25, -0.2) is 0 Å². The summed E-state index contributed by atoms with van der Waals surface area (Å²) in [5, 5.41) is 1.38. The summed E-state index contributed by atoms with van der Waals surface area (Å²) in [5.74, 6) is 1.47. The van der Waals surface area contributed by atoms with Gasteiger partial charge in [0.25, 0.3) is 0 Å². The van der Waals surface area contributed by atoms with Gasteiger partial charge < -0.3 is 9.47 Å². The molecule has 0 radical (unpaired) electrons. The summed E-state index contributed by atoms with van der Waals surface area (Å²) in [5.41, 5.74) is 0. The van der Waals surface area contributed by atoms with E-state index in [1.165, 1.54) is 11.3 Å². The quantitative estimate of drug-likeness (QED) is 0.776. The van der Waals surface area contributed by atoms with Gasteiger partial charge in [-0.1, -0.05) is 18.5 Å². The second-order valence-electron chi connectivity index (χ2n) is 3.72. The van der Waals surface area contributed by atoms with Crippen molar-refractivity contribution in [3.8, 4) is 11.5 Å². The summed E-state index contributed by atoms with van der Waals surface area (Å²) in [6.07, 6.45) is 0.458. The van der Waals surface area contributed by atoms with Gasteiger partial charge in [0.05, 0.1) is 9.90 Å². The fraction of sp³-hybridized carbons (Fsp3) is 0.250. The monoisotopic (exact) mass is 268 g/mol. The Balaban J connectivity index is 2.24. The standard InChI is InChI=1S/C12H9ClO3S/c1-2-7(14)12-11(13)6-3-8-9(16-5-15-8)4-10(6)17-12/h3-4H,2,5H2,1H3. The van der Waals surface area contributed by atoms with E-state index in [4.69, 9.17) is 21.1 Å². The van der Waals surface area contributed by atoms with Crippen LogP contribution >= 0.6 is 22.9 Å². The molecule has 0 bridgehead atoms. The maximum Gasteiger partial charge on any atom is 0.231 e. The molecule has 88 valence electrons. The van der Waals surface area contributed by atoms with E-state index < -0.39 is 0 Å². The Kier molecular flexibility index (Phi) is 2.49. The molecular weight excluding hydrogens is 260 g/mol. The Labute approximate surface area is 107 Å². The van der Waals surface area contributed by atoms with Gasteiger partial charge in [-0.15, -0.1) is 11.3 Å². The first-order chi connectivity index (χ1) is 8.20. The van der Waals surface area contributed by atoms with Crippen molar-refractivity contribution >= 4 is 38.8 Å². The molecule has 3 nitrogen and oxygen atoms in total. The third-order valence-corrected chi connectivity index (χ3v) is 4.40. The van der Waals surface area contributed by atoms with Crippen molar-refractivity contribution in [2.24, 2.45) is 0 Å². The van der Waals surface area contributed by atoms with Gasteiger partial charge in [-0.05, 0) is 6.07 Å². The number of carbonyl (C=O) groups is 1. The number of fused-ring (bicyclic) bond motifs is 2. The van der Waals surface area contributed by atoms with Crippen molar-refractivity contribution < 1.29 is 14.3 Å². The van der Waals surface area contributed by atoms with E-state index >= 15 is 0 Å². The minimum atomic E-state index is 0.0678. The molecule has 0 fully saturated rings. The van der Waals surface area contributed by atoms with Crippen LogP contribution in [-0.2, 0) is 0 Å². The molecule has 3 rings (SSSR count). The molecule has 1 aliphatic heterocycles. The predicted octanol–water partition coefficient (Wildman–Crippen LogP) is 3.88. The zero-order valence-electron chi connectivity index (χ0n) is 9.08. The SMILES string of the molecule is CCC(=O)c1sc2cc3c(cc2c1Cl)OCO3. The molecule has 1 aromatic carbocycles. The molecule has 0 amide bonds. The molecule has 1 aromatic heterocycles. The first-order valence-corrected chi connectivity index (χ1v) is 6.45. The van der Waals surface area contributed by atoms with Crippen LogP contribution in [0.25, 0.3) is 10.1 Å². The number of benzene rings is 1. The summed E-state index contributed by atoms with van der Waals surface area (Å²) in [6.45, 7) is 2.07. The van der Waals surface area contributed by atoms with E-state index in [1.54, 1.807) is 0 Å². The van der Waals surface area contributed by atoms with E-state index in [0.717, 1.165) is 10.1 Å². The maximum atomic E-state index is 11.7.